The van der Waals surface area contributed by atoms with Crippen LogP contribution in [0.4, 0.5) is 0 Å². The van der Waals surface area contributed by atoms with Gasteiger partial charge in [0.25, 0.3) is 0 Å². The Bertz CT molecular complexity index is 205. The maximum Gasteiger partial charge on any atom is 0.306 e. The number of carboxylic acid groups (broad SMARTS) is 1. The van der Waals surface area contributed by atoms with E-state index >= 15 is 0 Å². The highest BCUT2D eigenvalue weighted by Gasteiger charge is 2.25. The minimum atomic E-state index is -0.581. The predicted molar refractivity (Wildman–Crippen MR) is 71.1 cm³/mol. The summed E-state index contributed by atoms with van der Waals surface area (Å²) in [6.07, 6.45) is 13.6. The molecular formula is C15H28O2. The number of hydrogen-bond acceptors (Lipinski definition) is 1. The van der Waals surface area contributed by atoms with E-state index in [1.54, 1.807) is 0 Å². The molecule has 0 aliphatic heterocycles. The van der Waals surface area contributed by atoms with E-state index in [0.29, 0.717) is 0 Å². The normalized spacial score (nSPS) is 24.8. The SMILES string of the molecule is CCCCCCCCC1CCC(C(=O)O)CC1. The minimum Gasteiger partial charge on any atom is -0.481 e. The molecule has 0 atom stereocenters. The lowest BCUT2D eigenvalue weighted by Gasteiger charge is -2.25. The Morgan fingerprint density at radius 1 is 1.00 bits per heavy atom. The number of carboxylic acids is 1. The molecule has 0 aromatic heterocycles. The molecule has 0 aromatic rings. The van der Waals surface area contributed by atoms with Gasteiger partial charge in [-0.3, -0.25) is 4.79 Å². The van der Waals surface area contributed by atoms with Gasteiger partial charge in [-0.05, 0) is 31.6 Å². The van der Waals surface area contributed by atoms with Crippen molar-refractivity contribution < 1.29 is 9.90 Å². The summed E-state index contributed by atoms with van der Waals surface area (Å²) in [6.45, 7) is 2.25. The molecule has 1 aliphatic carbocycles. The van der Waals surface area contributed by atoms with Gasteiger partial charge in [0.05, 0.1) is 5.92 Å². The zero-order valence-electron chi connectivity index (χ0n) is 11.3. The highest BCUT2D eigenvalue weighted by atomic mass is 16.4. The van der Waals surface area contributed by atoms with E-state index in [1.807, 2.05) is 0 Å². The topological polar surface area (TPSA) is 37.3 Å². The van der Waals surface area contributed by atoms with Gasteiger partial charge < -0.3 is 5.11 Å². The highest BCUT2D eigenvalue weighted by Crippen LogP contribution is 2.32. The quantitative estimate of drug-likeness (QED) is 0.628. The average molecular weight is 240 g/mol. The van der Waals surface area contributed by atoms with Crippen LogP contribution in [-0.2, 0) is 4.79 Å². The van der Waals surface area contributed by atoms with E-state index in [2.05, 4.69) is 6.92 Å². The van der Waals surface area contributed by atoms with E-state index in [1.165, 1.54) is 44.9 Å². The lowest BCUT2D eigenvalue weighted by atomic mass is 9.80. The Morgan fingerprint density at radius 2 is 1.59 bits per heavy atom. The maximum atomic E-state index is 10.8. The Labute approximate surface area is 106 Å². The number of unbranched alkanes of at least 4 members (excludes halogenated alkanes) is 5. The van der Waals surface area contributed by atoms with Crippen LogP contribution in [-0.4, -0.2) is 11.1 Å². The fourth-order valence-electron chi connectivity index (χ4n) is 2.91. The predicted octanol–water partition coefficient (Wildman–Crippen LogP) is 4.63. The van der Waals surface area contributed by atoms with Crippen molar-refractivity contribution in [1.82, 2.24) is 0 Å². The van der Waals surface area contributed by atoms with Crippen molar-refractivity contribution in [1.29, 1.82) is 0 Å². The summed E-state index contributed by atoms with van der Waals surface area (Å²) in [5.74, 6) is 0.190. The summed E-state index contributed by atoms with van der Waals surface area (Å²) in [5, 5.41) is 8.92. The van der Waals surface area contributed by atoms with Crippen LogP contribution < -0.4 is 0 Å². The number of rotatable bonds is 8. The van der Waals surface area contributed by atoms with E-state index in [-0.39, 0.29) is 5.92 Å². The number of hydrogen-bond donors (Lipinski definition) is 1. The molecule has 1 N–H and O–H groups in total. The van der Waals surface area contributed by atoms with E-state index in [0.717, 1.165) is 31.6 Å². The number of carbonyl (C=O) groups is 1. The molecule has 0 radical (unpaired) electrons. The van der Waals surface area contributed by atoms with Crippen LogP contribution in [0.3, 0.4) is 0 Å². The van der Waals surface area contributed by atoms with Crippen LogP contribution in [0.15, 0.2) is 0 Å². The van der Waals surface area contributed by atoms with Gasteiger partial charge in [0.1, 0.15) is 0 Å². The van der Waals surface area contributed by atoms with Gasteiger partial charge in [0.2, 0.25) is 0 Å². The largest absolute Gasteiger partial charge is 0.481 e. The molecule has 0 unspecified atom stereocenters. The second kappa shape index (κ2) is 8.54. The lowest BCUT2D eigenvalue weighted by molar-refractivity contribution is -0.143. The molecule has 1 fully saturated rings. The van der Waals surface area contributed by atoms with Crippen LogP contribution >= 0.6 is 0 Å². The molecule has 0 amide bonds. The second-order valence-electron chi connectivity index (χ2n) is 5.61. The van der Waals surface area contributed by atoms with Gasteiger partial charge in [-0.2, -0.15) is 0 Å². The van der Waals surface area contributed by atoms with Crippen molar-refractivity contribution >= 4 is 5.97 Å². The molecule has 2 heteroatoms. The molecule has 1 saturated carbocycles. The molecule has 0 spiro atoms. The van der Waals surface area contributed by atoms with Crippen molar-refractivity contribution in [2.24, 2.45) is 11.8 Å². The molecule has 0 saturated heterocycles. The minimum absolute atomic E-state index is 0.0456. The summed E-state index contributed by atoms with van der Waals surface area (Å²) in [4.78, 5) is 10.8. The molecule has 0 bridgehead atoms. The zero-order chi connectivity index (χ0) is 12.5. The molecule has 17 heavy (non-hydrogen) atoms. The average Bonchev–Trinajstić information content (AvgIpc) is 2.34. The molecule has 0 aromatic carbocycles. The van der Waals surface area contributed by atoms with Gasteiger partial charge in [-0.25, -0.2) is 0 Å². The van der Waals surface area contributed by atoms with Crippen molar-refractivity contribution in [3.8, 4) is 0 Å². The van der Waals surface area contributed by atoms with E-state index in [9.17, 15) is 4.79 Å². The van der Waals surface area contributed by atoms with Crippen LogP contribution in [0.1, 0.15) is 77.6 Å². The second-order valence-corrected chi connectivity index (χ2v) is 5.61. The van der Waals surface area contributed by atoms with Gasteiger partial charge in [-0.15, -0.1) is 0 Å². The van der Waals surface area contributed by atoms with Crippen LogP contribution in [0.5, 0.6) is 0 Å². The Morgan fingerprint density at radius 3 is 2.18 bits per heavy atom. The monoisotopic (exact) mass is 240 g/mol. The van der Waals surface area contributed by atoms with Crippen molar-refractivity contribution in [3.63, 3.8) is 0 Å². The third-order valence-corrected chi connectivity index (χ3v) is 4.16. The van der Waals surface area contributed by atoms with Crippen molar-refractivity contribution in [2.75, 3.05) is 0 Å². The van der Waals surface area contributed by atoms with Gasteiger partial charge in [-0.1, -0.05) is 51.9 Å². The third kappa shape index (κ3) is 6.09. The summed E-state index contributed by atoms with van der Waals surface area (Å²) < 4.78 is 0. The van der Waals surface area contributed by atoms with Crippen molar-refractivity contribution in [3.05, 3.63) is 0 Å². The molecule has 0 heterocycles. The molecule has 1 rings (SSSR count). The third-order valence-electron chi connectivity index (χ3n) is 4.16. The first-order valence-electron chi connectivity index (χ1n) is 7.46. The standard InChI is InChI=1S/C15H28O2/c1-2-3-4-5-6-7-8-13-9-11-14(12-10-13)15(16)17/h13-14H,2-12H2,1H3,(H,16,17). The first-order valence-corrected chi connectivity index (χ1v) is 7.46. The van der Waals surface area contributed by atoms with Crippen molar-refractivity contribution in [2.45, 2.75) is 77.6 Å². The van der Waals surface area contributed by atoms with Gasteiger partial charge in [0.15, 0.2) is 0 Å². The smallest absolute Gasteiger partial charge is 0.306 e. The molecular weight excluding hydrogens is 212 g/mol. The summed E-state index contributed by atoms with van der Waals surface area (Å²) >= 11 is 0. The lowest BCUT2D eigenvalue weighted by Crippen LogP contribution is -2.21. The van der Waals surface area contributed by atoms with Crippen LogP contribution in [0.2, 0.25) is 0 Å². The summed E-state index contributed by atoms with van der Waals surface area (Å²) in [5.41, 5.74) is 0. The zero-order valence-corrected chi connectivity index (χ0v) is 11.3. The first kappa shape index (κ1) is 14.5. The Hall–Kier alpha value is -0.530. The fourth-order valence-corrected chi connectivity index (χ4v) is 2.91. The summed E-state index contributed by atoms with van der Waals surface area (Å²) in [7, 11) is 0. The highest BCUT2D eigenvalue weighted by molar-refractivity contribution is 5.69. The van der Waals surface area contributed by atoms with Gasteiger partial charge in [0, 0.05) is 0 Å². The van der Waals surface area contributed by atoms with Gasteiger partial charge >= 0.3 is 5.97 Å². The fraction of sp³-hybridized carbons (Fsp3) is 0.933. The molecule has 2 nitrogen and oxygen atoms in total. The maximum absolute atomic E-state index is 10.8. The first-order chi connectivity index (χ1) is 8.24. The summed E-state index contributed by atoms with van der Waals surface area (Å²) in [6, 6.07) is 0. The van der Waals surface area contributed by atoms with E-state index in [4.69, 9.17) is 5.11 Å². The molecule has 1 aliphatic rings. The Kier molecular flexibility index (Phi) is 7.30. The van der Waals surface area contributed by atoms with Crippen LogP contribution in [0, 0.1) is 11.8 Å². The Balaban J connectivity index is 1.97. The van der Waals surface area contributed by atoms with Crippen LogP contribution in [0.25, 0.3) is 0 Å². The number of aliphatic carboxylic acids is 1. The van der Waals surface area contributed by atoms with E-state index < -0.39 is 5.97 Å². The molecule has 100 valence electrons.